The zero-order chi connectivity index (χ0) is 11.2. The molecule has 1 saturated heterocycles. The highest BCUT2D eigenvalue weighted by Gasteiger charge is 2.22. The lowest BCUT2D eigenvalue weighted by Gasteiger charge is -2.16. The molecular formula is C14H21NO. The number of hydrogen-bond donors (Lipinski definition) is 0. The maximum absolute atomic E-state index is 5.94. The third kappa shape index (κ3) is 3.24. The Labute approximate surface area is 98.2 Å². The highest BCUT2D eigenvalue weighted by Crippen LogP contribution is 2.18. The van der Waals surface area contributed by atoms with Gasteiger partial charge in [0.25, 0.3) is 0 Å². The molecule has 1 aromatic carbocycles. The molecule has 0 aromatic heterocycles. The molecule has 0 spiro atoms. The van der Waals surface area contributed by atoms with Gasteiger partial charge in [-0.25, -0.2) is 0 Å². The predicted molar refractivity (Wildman–Crippen MR) is 66.8 cm³/mol. The first kappa shape index (κ1) is 11.5. The van der Waals surface area contributed by atoms with Gasteiger partial charge in [-0.1, -0.05) is 31.5 Å². The molecule has 2 heteroatoms. The van der Waals surface area contributed by atoms with Gasteiger partial charge in [-0.2, -0.15) is 0 Å². The molecule has 0 bridgehead atoms. The van der Waals surface area contributed by atoms with Crippen molar-refractivity contribution in [2.45, 2.75) is 32.3 Å². The maximum atomic E-state index is 5.94. The van der Waals surface area contributed by atoms with Gasteiger partial charge in [0.05, 0.1) is 0 Å². The van der Waals surface area contributed by atoms with Crippen LogP contribution in [0.3, 0.4) is 0 Å². The molecule has 16 heavy (non-hydrogen) atoms. The molecule has 0 N–H and O–H groups in total. The van der Waals surface area contributed by atoms with E-state index >= 15 is 0 Å². The molecule has 1 heterocycles. The van der Waals surface area contributed by atoms with Crippen LogP contribution in [0.5, 0.6) is 5.75 Å². The molecule has 1 aliphatic rings. The summed E-state index contributed by atoms with van der Waals surface area (Å²) < 4.78 is 5.94. The Hall–Kier alpha value is -1.02. The van der Waals surface area contributed by atoms with Crippen LogP contribution in [0.4, 0.5) is 0 Å². The lowest BCUT2D eigenvalue weighted by molar-refractivity contribution is 0.199. The fourth-order valence-corrected chi connectivity index (χ4v) is 2.17. The van der Waals surface area contributed by atoms with Gasteiger partial charge in [-0.3, -0.25) is 4.90 Å². The second-order valence-electron chi connectivity index (χ2n) is 4.50. The van der Waals surface area contributed by atoms with Crippen LogP contribution >= 0.6 is 0 Å². The molecule has 0 aliphatic carbocycles. The second-order valence-corrected chi connectivity index (χ2v) is 4.50. The van der Waals surface area contributed by atoms with E-state index in [0.717, 1.165) is 12.3 Å². The number of ether oxygens (including phenoxy) is 1. The van der Waals surface area contributed by atoms with Crippen LogP contribution in [-0.2, 0) is 0 Å². The number of para-hydroxylation sites is 1. The van der Waals surface area contributed by atoms with Crippen LogP contribution in [-0.4, -0.2) is 30.6 Å². The number of nitrogens with zero attached hydrogens (tertiary/aromatic N) is 1. The van der Waals surface area contributed by atoms with E-state index in [1.165, 1.54) is 32.4 Å². The van der Waals surface area contributed by atoms with Crippen molar-refractivity contribution < 1.29 is 4.74 Å². The Balaban J connectivity index is 1.76. The van der Waals surface area contributed by atoms with Gasteiger partial charge >= 0.3 is 0 Å². The highest BCUT2D eigenvalue weighted by molar-refractivity contribution is 5.21. The summed E-state index contributed by atoms with van der Waals surface area (Å²) in [5, 5.41) is 0. The smallest absolute Gasteiger partial charge is 0.119 e. The van der Waals surface area contributed by atoms with E-state index < -0.39 is 0 Å². The van der Waals surface area contributed by atoms with E-state index in [1.54, 1.807) is 0 Å². The average molecular weight is 219 g/mol. The molecule has 1 aliphatic heterocycles. The van der Waals surface area contributed by atoms with Crippen LogP contribution in [0.25, 0.3) is 0 Å². The molecule has 2 rings (SSSR count). The van der Waals surface area contributed by atoms with Gasteiger partial charge in [-0.05, 0) is 31.5 Å². The molecule has 0 saturated carbocycles. The molecule has 0 unspecified atom stereocenters. The summed E-state index contributed by atoms with van der Waals surface area (Å²) in [6.07, 6.45) is 4.14. The van der Waals surface area contributed by atoms with Crippen LogP contribution < -0.4 is 4.74 Å². The predicted octanol–water partition coefficient (Wildman–Crippen LogP) is 2.94. The topological polar surface area (TPSA) is 12.5 Å². The van der Waals surface area contributed by atoms with Gasteiger partial charge in [0.15, 0.2) is 0 Å². The SMILES string of the molecule is CCCCN1CC[C@@H](Oc2ccccc2)C1. The van der Waals surface area contributed by atoms with Gasteiger partial charge in [0.1, 0.15) is 11.9 Å². The summed E-state index contributed by atoms with van der Waals surface area (Å²) in [5.41, 5.74) is 0. The van der Waals surface area contributed by atoms with Crippen LogP contribution in [0.15, 0.2) is 30.3 Å². The summed E-state index contributed by atoms with van der Waals surface area (Å²) in [5.74, 6) is 1.00. The first-order chi connectivity index (χ1) is 7.88. The van der Waals surface area contributed by atoms with Crippen molar-refractivity contribution in [2.75, 3.05) is 19.6 Å². The van der Waals surface area contributed by atoms with Crippen LogP contribution in [0, 0.1) is 0 Å². The molecule has 1 aromatic rings. The van der Waals surface area contributed by atoms with Crippen LogP contribution in [0.1, 0.15) is 26.2 Å². The average Bonchev–Trinajstić information content (AvgIpc) is 2.75. The van der Waals surface area contributed by atoms with Crippen molar-refractivity contribution in [1.82, 2.24) is 4.90 Å². The minimum absolute atomic E-state index is 0.388. The lowest BCUT2D eigenvalue weighted by Crippen LogP contribution is -2.25. The fourth-order valence-electron chi connectivity index (χ4n) is 2.17. The summed E-state index contributed by atoms with van der Waals surface area (Å²) in [6.45, 7) is 5.76. The van der Waals surface area contributed by atoms with Crippen molar-refractivity contribution in [3.63, 3.8) is 0 Å². The minimum atomic E-state index is 0.388. The van der Waals surface area contributed by atoms with E-state index in [0.29, 0.717) is 6.10 Å². The van der Waals surface area contributed by atoms with Gasteiger partial charge in [-0.15, -0.1) is 0 Å². The van der Waals surface area contributed by atoms with Crippen molar-refractivity contribution in [1.29, 1.82) is 0 Å². The molecule has 0 amide bonds. The van der Waals surface area contributed by atoms with Crippen molar-refractivity contribution in [2.24, 2.45) is 0 Å². The van der Waals surface area contributed by atoms with Crippen molar-refractivity contribution in [3.8, 4) is 5.75 Å². The quantitative estimate of drug-likeness (QED) is 0.755. The molecule has 88 valence electrons. The first-order valence-electron chi connectivity index (χ1n) is 6.32. The molecule has 1 fully saturated rings. The van der Waals surface area contributed by atoms with E-state index in [2.05, 4.69) is 11.8 Å². The molecule has 2 nitrogen and oxygen atoms in total. The largest absolute Gasteiger partial charge is 0.489 e. The normalized spacial score (nSPS) is 21.2. The molecule has 1 atom stereocenters. The Morgan fingerprint density at radius 1 is 1.31 bits per heavy atom. The number of hydrogen-bond acceptors (Lipinski definition) is 2. The van der Waals surface area contributed by atoms with E-state index in [4.69, 9.17) is 4.74 Å². The fraction of sp³-hybridized carbons (Fsp3) is 0.571. The van der Waals surface area contributed by atoms with E-state index in [1.807, 2.05) is 30.3 Å². The molecular weight excluding hydrogens is 198 g/mol. The third-order valence-electron chi connectivity index (χ3n) is 3.10. The monoisotopic (exact) mass is 219 g/mol. The number of benzene rings is 1. The minimum Gasteiger partial charge on any atom is -0.489 e. The van der Waals surface area contributed by atoms with Gasteiger partial charge < -0.3 is 4.74 Å². The van der Waals surface area contributed by atoms with E-state index in [9.17, 15) is 0 Å². The summed E-state index contributed by atoms with van der Waals surface area (Å²) >= 11 is 0. The zero-order valence-corrected chi connectivity index (χ0v) is 10.1. The lowest BCUT2D eigenvalue weighted by atomic mass is 10.3. The summed E-state index contributed by atoms with van der Waals surface area (Å²) in [4.78, 5) is 2.51. The number of unbranched alkanes of at least 4 members (excludes halogenated alkanes) is 1. The number of likely N-dealkylation sites (tertiary alicyclic amines) is 1. The van der Waals surface area contributed by atoms with Gasteiger partial charge in [0, 0.05) is 13.1 Å². The van der Waals surface area contributed by atoms with Crippen LogP contribution in [0.2, 0.25) is 0 Å². The Morgan fingerprint density at radius 3 is 2.88 bits per heavy atom. The van der Waals surface area contributed by atoms with Gasteiger partial charge in [0.2, 0.25) is 0 Å². The van der Waals surface area contributed by atoms with E-state index in [-0.39, 0.29) is 0 Å². The summed E-state index contributed by atoms with van der Waals surface area (Å²) in [6, 6.07) is 10.1. The highest BCUT2D eigenvalue weighted by atomic mass is 16.5. The third-order valence-corrected chi connectivity index (χ3v) is 3.10. The van der Waals surface area contributed by atoms with Crippen molar-refractivity contribution >= 4 is 0 Å². The Morgan fingerprint density at radius 2 is 2.12 bits per heavy atom. The maximum Gasteiger partial charge on any atom is 0.119 e. The first-order valence-corrected chi connectivity index (χ1v) is 6.32. The Kier molecular flexibility index (Phi) is 4.23. The number of rotatable bonds is 5. The zero-order valence-electron chi connectivity index (χ0n) is 10.1. The molecule has 0 radical (unpaired) electrons. The van der Waals surface area contributed by atoms with Crippen molar-refractivity contribution in [3.05, 3.63) is 30.3 Å². The Bertz CT molecular complexity index is 299. The standard InChI is InChI=1S/C14H21NO/c1-2-3-10-15-11-9-14(12-15)16-13-7-5-4-6-8-13/h4-8,14H,2-3,9-12H2,1H3/t14-/m1/s1. The summed E-state index contributed by atoms with van der Waals surface area (Å²) in [7, 11) is 0. The second kappa shape index (κ2) is 5.90.